The summed E-state index contributed by atoms with van der Waals surface area (Å²) in [5, 5.41) is 0. The lowest BCUT2D eigenvalue weighted by molar-refractivity contribution is 0.744. The summed E-state index contributed by atoms with van der Waals surface area (Å²) >= 11 is 9.36. The van der Waals surface area contributed by atoms with Gasteiger partial charge in [-0.1, -0.05) is 24.3 Å². The van der Waals surface area contributed by atoms with E-state index in [0.717, 1.165) is 34.4 Å². The van der Waals surface area contributed by atoms with Crippen LogP contribution in [0.3, 0.4) is 0 Å². The Morgan fingerprint density at radius 1 is 1.29 bits per heavy atom. The minimum absolute atomic E-state index is 0.554. The molecule has 108 valence electrons. The molecule has 0 saturated carbocycles. The molecule has 0 N–H and O–H groups in total. The molecule has 2 aromatic heterocycles. The topological polar surface area (TPSA) is 30.7 Å². The third kappa shape index (κ3) is 2.97. The molecule has 21 heavy (non-hydrogen) atoms. The third-order valence-corrected chi connectivity index (χ3v) is 4.16. The van der Waals surface area contributed by atoms with Crippen molar-refractivity contribution in [3.05, 3.63) is 58.0 Å². The highest BCUT2D eigenvalue weighted by atomic mass is 79.9. The first-order chi connectivity index (χ1) is 10.2. The Bertz CT molecular complexity index is 782. The number of aryl methyl sites for hydroxylation is 2. The number of aromatic nitrogens is 3. The van der Waals surface area contributed by atoms with Crippen molar-refractivity contribution >= 4 is 38.7 Å². The van der Waals surface area contributed by atoms with Gasteiger partial charge in [-0.2, -0.15) is 0 Å². The van der Waals surface area contributed by atoms with E-state index in [2.05, 4.69) is 61.7 Å². The predicted octanol–water partition coefficient (Wildman–Crippen LogP) is 4.33. The Hall–Kier alpha value is -1.39. The van der Waals surface area contributed by atoms with E-state index in [1.54, 1.807) is 0 Å². The maximum atomic E-state index is 5.92. The van der Waals surface area contributed by atoms with Crippen molar-refractivity contribution in [3.8, 4) is 0 Å². The summed E-state index contributed by atoms with van der Waals surface area (Å²) in [4.78, 5) is 9.20. The fraction of sp³-hybridized carbons (Fsp3) is 0.250. The Morgan fingerprint density at radius 2 is 2.10 bits per heavy atom. The fourth-order valence-corrected chi connectivity index (χ4v) is 2.92. The van der Waals surface area contributed by atoms with E-state index in [0.29, 0.717) is 5.88 Å². The summed E-state index contributed by atoms with van der Waals surface area (Å²) in [5.74, 6) is 1.53. The molecule has 0 spiro atoms. The van der Waals surface area contributed by atoms with Crippen molar-refractivity contribution in [2.24, 2.45) is 0 Å². The van der Waals surface area contributed by atoms with E-state index in [9.17, 15) is 0 Å². The first-order valence-corrected chi connectivity index (χ1v) is 8.13. The largest absolute Gasteiger partial charge is 0.308 e. The normalized spacial score (nSPS) is 11.2. The van der Waals surface area contributed by atoms with E-state index >= 15 is 0 Å². The van der Waals surface area contributed by atoms with Crippen LogP contribution in [0.1, 0.15) is 17.0 Å². The van der Waals surface area contributed by atoms with Crippen LogP contribution in [0.5, 0.6) is 0 Å². The van der Waals surface area contributed by atoms with Gasteiger partial charge in [-0.3, -0.25) is 0 Å². The zero-order valence-electron chi connectivity index (χ0n) is 11.7. The second-order valence-electron chi connectivity index (χ2n) is 4.98. The lowest BCUT2D eigenvalue weighted by Gasteiger charge is -2.10. The maximum Gasteiger partial charge on any atom is 0.160 e. The maximum absolute atomic E-state index is 5.92. The SMILES string of the molecule is Cc1ccccc1Cn1c(CCCl)nc2cc(Br)cnc21. The van der Waals surface area contributed by atoms with Crippen molar-refractivity contribution < 1.29 is 0 Å². The molecule has 3 aromatic rings. The monoisotopic (exact) mass is 363 g/mol. The minimum atomic E-state index is 0.554. The molecule has 5 heteroatoms. The van der Waals surface area contributed by atoms with Crippen molar-refractivity contribution in [1.82, 2.24) is 14.5 Å². The first kappa shape index (κ1) is 14.5. The van der Waals surface area contributed by atoms with Crippen LogP contribution in [0.25, 0.3) is 11.2 Å². The van der Waals surface area contributed by atoms with Crippen LogP contribution in [-0.2, 0) is 13.0 Å². The summed E-state index contributed by atoms with van der Waals surface area (Å²) in [6.07, 6.45) is 2.55. The molecule has 0 atom stereocenters. The van der Waals surface area contributed by atoms with Gasteiger partial charge >= 0.3 is 0 Å². The molecule has 2 heterocycles. The molecule has 0 bridgehead atoms. The Kier molecular flexibility index (Phi) is 4.27. The van der Waals surface area contributed by atoms with Crippen LogP contribution in [0.15, 0.2) is 41.0 Å². The standard InChI is InChI=1S/C16H15BrClN3/c1-11-4-2-3-5-12(11)10-21-15(6-7-18)20-14-8-13(17)9-19-16(14)21/h2-5,8-9H,6-7,10H2,1H3. The lowest BCUT2D eigenvalue weighted by atomic mass is 10.1. The Morgan fingerprint density at radius 3 is 2.86 bits per heavy atom. The highest BCUT2D eigenvalue weighted by molar-refractivity contribution is 9.10. The van der Waals surface area contributed by atoms with E-state index in [4.69, 9.17) is 11.6 Å². The molecule has 0 aliphatic rings. The van der Waals surface area contributed by atoms with Gasteiger partial charge in [-0.25, -0.2) is 9.97 Å². The first-order valence-electron chi connectivity index (χ1n) is 6.80. The zero-order chi connectivity index (χ0) is 14.8. The molecular weight excluding hydrogens is 350 g/mol. The van der Waals surface area contributed by atoms with Gasteiger partial charge in [0.15, 0.2) is 5.65 Å². The van der Waals surface area contributed by atoms with Crippen molar-refractivity contribution in [2.45, 2.75) is 19.9 Å². The van der Waals surface area contributed by atoms with Crippen LogP contribution in [-0.4, -0.2) is 20.4 Å². The summed E-state index contributed by atoms with van der Waals surface area (Å²) in [6.45, 7) is 2.89. The molecule has 0 aliphatic carbocycles. The van der Waals surface area contributed by atoms with Gasteiger partial charge in [0, 0.05) is 23.0 Å². The summed E-state index contributed by atoms with van der Waals surface area (Å²) < 4.78 is 3.10. The van der Waals surface area contributed by atoms with Gasteiger partial charge in [0.2, 0.25) is 0 Å². The summed E-state index contributed by atoms with van der Waals surface area (Å²) in [7, 11) is 0. The second kappa shape index (κ2) is 6.16. The van der Waals surface area contributed by atoms with Crippen molar-refractivity contribution in [1.29, 1.82) is 0 Å². The number of halogens is 2. The smallest absolute Gasteiger partial charge is 0.160 e. The highest BCUT2D eigenvalue weighted by Gasteiger charge is 2.13. The zero-order valence-corrected chi connectivity index (χ0v) is 14.0. The molecule has 3 rings (SSSR count). The van der Waals surface area contributed by atoms with Crippen LogP contribution < -0.4 is 0 Å². The second-order valence-corrected chi connectivity index (χ2v) is 6.27. The van der Waals surface area contributed by atoms with Gasteiger partial charge in [-0.05, 0) is 40.0 Å². The van der Waals surface area contributed by atoms with Gasteiger partial charge in [0.1, 0.15) is 11.3 Å². The Balaban J connectivity index is 2.11. The van der Waals surface area contributed by atoms with Crippen molar-refractivity contribution in [3.63, 3.8) is 0 Å². The third-order valence-electron chi connectivity index (χ3n) is 3.54. The van der Waals surface area contributed by atoms with Gasteiger partial charge in [0.05, 0.1) is 6.54 Å². The number of fused-ring (bicyclic) bond motifs is 1. The molecule has 0 saturated heterocycles. The molecule has 0 amide bonds. The average Bonchev–Trinajstić information content (AvgIpc) is 2.79. The molecule has 3 nitrogen and oxygen atoms in total. The Labute approximate surface area is 137 Å². The van der Waals surface area contributed by atoms with E-state index in [-0.39, 0.29) is 0 Å². The summed E-state index contributed by atoms with van der Waals surface area (Å²) in [6, 6.07) is 10.4. The van der Waals surface area contributed by atoms with E-state index in [1.165, 1.54) is 11.1 Å². The molecular formula is C16H15BrClN3. The molecule has 0 fully saturated rings. The highest BCUT2D eigenvalue weighted by Crippen LogP contribution is 2.21. The number of hydrogen-bond acceptors (Lipinski definition) is 2. The number of nitrogens with zero attached hydrogens (tertiary/aromatic N) is 3. The van der Waals surface area contributed by atoms with Crippen LogP contribution >= 0.6 is 27.5 Å². The molecule has 0 aliphatic heterocycles. The number of rotatable bonds is 4. The number of alkyl halides is 1. The van der Waals surface area contributed by atoms with E-state index in [1.807, 2.05) is 12.3 Å². The summed E-state index contributed by atoms with van der Waals surface area (Å²) in [5.41, 5.74) is 4.35. The van der Waals surface area contributed by atoms with Gasteiger partial charge in [0.25, 0.3) is 0 Å². The van der Waals surface area contributed by atoms with E-state index < -0.39 is 0 Å². The number of hydrogen-bond donors (Lipinski definition) is 0. The number of imidazole rings is 1. The fourth-order valence-electron chi connectivity index (χ4n) is 2.43. The van der Waals surface area contributed by atoms with Gasteiger partial charge in [-0.15, -0.1) is 11.6 Å². The van der Waals surface area contributed by atoms with Crippen molar-refractivity contribution in [2.75, 3.05) is 5.88 Å². The number of pyridine rings is 1. The van der Waals surface area contributed by atoms with Crippen LogP contribution in [0.4, 0.5) is 0 Å². The van der Waals surface area contributed by atoms with Crippen LogP contribution in [0, 0.1) is 6.92 Å². The molecule has 0 radical (unpaired) electrons. The average molecular weight is 365 g/mol. The molecule has 1 aromatic carbocycles. The van der Waals surface area contributed by atoms with Gasteiger partial charge < -0.3 is 4.57 Å². The number of benzene rings is 1. The predicted molar refractivity (Wildman–Crippen MR) is 89.9 cm³/mol. The minimum Gasteiger partial charge on any atom is -0.308 e. The van der Waals surface area contributed by atoms with Crippen LogP contribution in [0.2, 0.25) is 0 Å². The lowest BCUT2D eigenvalue weighted by Crippen LogP contribution is -2.07. The molecule has 0 unspecified atom stereocenters. The quantitative estimate of drug-likeness (QED) is 0.645.